The third-order valence-electron chi connectivity index (χ3n) is 7.24. The second-order valence-corrected chi connectivity index (χ2v) is 11.7. The Hall–Kier alpha value is -5.86. The topological polar surface area (TPSA) is 145 Å². The molecule has 1 amide bonds. The van der Waals surface area contributed by atoms with E-state index < -0.39 is 0 Å². The maximum Gasteiger partial charge on any atom is 0.322 e. The number of nitrogens with zero attached hydrogens (tertiary/aromatic N) is 6. The highest BCUT2D eigenvalue weighted by Crippen LogP contribution is 2.50. The zero-order valence-corrected chi connectivity index (χ0v) is 25.9. The number of rotatable bonds is 7. The minimum absolute atomic E-state index is 0.157. The molecule has 0 aliphatic heterocycles. The van der Waals surface area contributed by atoms with Gasteiger partial charge in [-0.1, -0.05) is 18.7 Å². The zero-order chi connectivity index (χ0) is 31.8. The fourth-order valence-electron chi connectivity index (χ4n) is 5.02. The number of carbonyl (C=O) groups excluding carboxylic acids is 1. The maximum absolute atomic E-state index is 12.3. The summed E-state index contributed by atoms with van der Waals surface area (Å²) in [4.78, 5) is 26.3. The average Bonchev–Trinajstić information content (AvgIpc) is 3.62. The number of pyridine rings is 1. The molecule has 10 nitrogen and oxygen atoms in total. The van der Waals surface area contributed by atoms with Crippen molar-refractivity contribution in [2.45, 2.75) is 20.8 Å². The summed E-state index contributed by atoms with van der Waals surface area (Å²) in [5.41, 5.74) is 14.0. The number of hydrogen-bond acceptors (Lipinski definition) is 9. The second-order valence-electron chi connectivity index (χ2n) is 10.6. The summed E-state index contributed by atoms with van der Waals surface area (Å²) in [5, 5.41) is 18.2. The van der Waals surface area contributed by atoms with Crippen LogP contribution in [0.15, 0.2) is 79.4 Å². The van der Waals surface area contributed by atoms with Crippen LogP contribution in [0.3, 0.4) is 0 Å². The predicted octanol–water partition coefficient (Wildman–Crippen LogP) is 7.20. The molecule has 6 aromatic rings. The van der Waals surface area contributed by atoms with Gasteiger partial charge in [0.25, 0.3) is 5.91 Å². The van der Waals surface area contributed by atoms with E-state index >= 15 is 0 Å². The molecule has 0 atom stereocenters. The monoisotopic (exact) mass is 612 g/mol. The molecule has 0 saturated carbocycles. The molecule has 0 radical (unpaired) electrons. The molecule has 0 spiro atoms. The van der Waals surface area contributed by atoms with Crippen LogP contribution in [0.25, 0.3) is 42.8 Å². The van der Waals surface area contributed by atoms with E-state index in [1.54, 1.807) is 59.7 Å². The molecular weight excluding hydrogens is 584 g/mol. The third-order valence-corrected chi connectivity index (χ3v) is 8.49. The summed E-state index contributed by atoms with van der Waals surface area (Å²) in [5.74, 6) is 0.459. The molecule has 0 fully saturated rings. The number of nitrogens with one attached hydrogen (secondary N) is 1. The van der Waals surface area contributed by atoms with Gasteiger partial charge in [0.2, 0.25) is 0 Å². The number of thiophene rings is 1. The summed E-state index contributed by atoms with van der Waals surface area (Å²) in [6.07, 6.45) is 7.10. The Morgan fingerprint density at radius 1 is 1.09 bits per heavy atom. The minimum Gasteiger partial charge on any atom is -0.423 e. The van der Waals surface area contributed by atoms with Crippen molar-refractivity contribution in [2.75, 3.05) is 11.1 Å². The van der Waals surface area contributed by atoms with Crippen molar-refractivity contribution >= 4 is 38.8 Å². The highest BCUT2D eigenvalue weighted by atomic mass is 32.1. The van der Waals surface area contributed by atoms with Crippen LogP contribution in [0.2, 0.25) is 0 Å². The van der Waals surface area contributed by atoms with Gasteiger partial charge in [0.05, 0.1) is 11.8 Å². The summed E-state index contributed by atoms with van der Waals surface area (Å²) in [7, 11) is 1.86. The van der Waals surface area contributed by atoms with Gasteiger partial charge in [0.1, 0.15) is 17.6 Å². The number of fused-ring (bicyclic) bond motifs is 1. The van der Waals surface area contributed by atoms with Crippen molar-refractivity contribution in [2.24, 2.45) is 7.05 Å². The number of aryl methyl sites for hydroxylation is 3. The lowest BCUT2D eigenvalue weighted by Gasteiger charge is -2.13. The Morgan fingerprint density at radius 2 is 1.91 bits per heavy atom. The van der Waals surface area contributed by atoms with Gasteiger partial charge in [-0.2, -0.15) is 10.4 Å². The van der Waals surface area contributed by atoms with Crippen LogP contribution in [0.4, 0.5) is 11.5 Å². The predicted molar refractivity (Wildman–Crippen MR) is 177 cm³/mol. The molecule has 222 valence electrons. The molecule has 0 bridgehead atoms. The van der Waals surface area contributed by atoms with Gasteiger partial charge >= 0.3 is 6.01 Å². The Morgan fingerprint density at radius 3 is 2.60 bits per heavy atom. The van der Waals surface area contributed by atoms with Crippen LogP contribution in [-0.4, -0.2) is 30.6 Å². The molecular formula is C34H28N8O2S. The minimum atomic E-state index is -0.243. The molecule has 2 aromatic carbocycles. The second kappa shape index (κ2) is 11.7. The van der Waals surface area contributed by atoms with E-state index in [4.69, 9.17) is 10.5 Å². The van der Waals surface area contributed by atoms with Crippen LogP contribution in [0.5, 0.6) is 11.8 Å². The molecule has 3 N–H and O–H groups in total. The van der Waals surface area contributed by atoms with Crippen LogP contribution < -0.4 is 15.8 Å². The number of nitrogens with two attached hydrogens (primary N) is 1. The maximum atomic E-state index is 12.3. The molecule has 4 heterocycles. The summed E-state index contributed by atoms with van der Waals surface area (Å²) in [6.45, 7) is 9.22. The number of anilines is 2. The number of ether oxygens (including phenoxy) is 1. The van der Waals surface area contributed by atoms with Gasteiger partial charge in [-0.15, -0.1) is 11.3 Å². The SMILES string of the molecule is C=C(C)C(=O)Nc1ccc(-c2sc3c(-c4cnn(C)c4)cnc(N)c3c2-c2ccc(Oc3nccc(C)n3)c(C#N)c2)c(C)c1. The fraction of sp³-hybridized carbons (Fsp3) is 0.118. The standard InChI is InChI=1S/C34H28N8O2S/c1-18(2)33(43)41-24-7-8-25(19(3)12-24)30-28(29-31(45-30)26(16-38-32(29)36)23-15-39-42(5)17-23)21-6-9-27(22(13-21)14-35)44-34-37-11-10-20(4)40-34/h6-13,15-17H,1H2,2-5H3,(H2,36,38)(H,41,43). The molecule has 0 aliphatic rings. The van der Waals surface area contributed by atoms with Gasteiger partial charge in [-0.25, -0.2) is 15.0 Å². The van der Waals surface area contributed by atoms with Gasteiger partial charge in [0, 0.05) is 74.2 Å². The number of amides is 1. The molecule has 11 heteroatoms. The highest BCUT2D eigenvalue weighted by molar-refractivity contribution is 7.23. The van der Waals surface area contributed by atoms with E-state index in [9.17, 15) is 10.1 Å². The van der Waals surface area contributed by atoms with Crippen molar-refractivity contribution < 1.29 is 9.53 Å². The summed E-state index contributed by atoms with van der Waals surface area (Å²) in [6, 6.07) is 15.4. The van der Waals surface area contributed by atoms with E-state index in [1.807, 2.05) is 51.4 Å². The Kier molecular flexibility index (Phi) is 7.58. The number of aromatic nitrogens is 5. The Bertz CT molecular complexity index is 2190. The first-order chi connectivity index (χ1) is 21.6. The van der Waals surface area contributed by atoms with Crippen molar-refractivity contribution in [3.05, 3.63) is 96.2 Å². The van der Waals surface area contributed by atoms with E-state index in [1.165, 1.54) is 0 Å². The van der Waals surface area contributed by atoms with Gasteiger partial charge < -0.3 is 15.8 Å². The van der Waals surface area contributed by atoms with Crippen molar-refractivity contribution in [3.63, 3.8) is 0 Å². The normalized spacial score (nSPS) is 10.9. The molecule has 45 heavy (non-hydrogen) atoms. The quantitative estimate of drug-likeness (QED) is 0.180. The first kappa shape index (κ1) is 29.2. The lowest BCUT2D eigenvalue weighted by molar-refractivity contribution is -0.112. The first-order valence-electron chi connectivity index (χ1n) is 13.9. The number of nitriles is 1. The van der Waals surface area contributed by atoms with Crippen molar-refractivity contribution in [3.8, 4) is 50.5 Å². The molecule has 6 rings (SSSR count). The van der Waals surface area contributed by atoms with Gasteiger partial charge in [0.15, 0.2) is 0 Å². The molecule has 0 unspecified atom stereocenters. The van der Waals surface area contributed by atoms with E-state index in [0.29, 0.717) is 28.4 Å². The largest absolute Gasteiger partial charge is 0.423 e. The molecule has 0 aliphatic carbocycles. The van der Waals surface area contributed by atoms with E-state index in [0.717, 1.165) is 54.0 Å². The van der Waals surface area contributed by atoms with Crippen LogP contribution in [-0.2, 0) is 11.8 Å². The average molecular weight is 613 g/mol. The number of benzene rings is 2. The van der Waals surface area contributed by atoms with Crippen LogP contribution in [0, 0.1) is 25.2 Å². The van der Waals surface area contributed by atoms with Crippen LogP contribution in [0.1, 0.15) is 23.7 Å². The third kappa shape index (κ3) is 5.62. The fourth-order valence-corrected chi connectivity index (χ4v) is 6.48. The molecule has 4 aromatic heterocycles. The van der Waals surface area contributed by atoms with Crippen molar-refractivity contribution in [1.82, 2.24) is 24.7 Å². The molecule has 0 saturated heterocycles. The lowest BCUT2D eigenvalue weighted by Crippen LogP contribution is -2.11. The van der Waals surface area contributed by atoms with Crippen molar-refractivity contribution in [1.29, 1.82) is 5.26 Å². The van der Waals surface area contributed by atoms with Crippen LogP contribution >= 0.6 is 11.3 Å². The Balaban J connectivity index is 1.56. The highest BCUT2D eigenvalue weighted by Gasteiger charge is 2.24. The number of carbonyl (C=O) groups is 1. The number of hydrogen-bond donors (Lipinski definition) is 2. The van der Waals surface area contributed by atoms with E-state index in [-0.39, 0.29) is 11.9 Å². The zero-order valence-electron chi connectivity index (χ0n) is 25.0. The summed E-state index contributed by atoms with van der Waals surface area (Å²) >= 11 is 1.58. The summed E-state index contributed by atoms with van der Waals surface area (Å²) < 4.78 is 8.59. The van der Waals surface area contributed by atoms with E-state index in [2.05, 4.69) is 38.0 Å². The smallest absolute Gasteiger partial charge is 0.322 e. The lowest BCUT2D eigenvalue weighted by atomic mass is 9.94. The van der Waals surface area contributed by atoms with Gasteiger partial charge in [-0.3, -0.25) is 9.48 Å². The first-order valence-corrected chi connectivity index (χ1v) is 14.7. The number of nitrogen functional groups attached to an aromatic ring is 1. The van der Waals surface area contributed by atoms with Gasteiger partial charge in [-0.05, 0) is 67.8 Å². The Labute approximate surface area is 263 Å².